The number of hydrogen-bond acceptors (Lipinski definition) is 6. The average molecular weight is 414 g/mol. The number of anilines is 1. The Morgan fingerprint density at radius 2 is 2.04 bits per heavy atom. The Hall–Kier alpha value is -2.48. The molecule has 0 aliphatic carbocycles. The van der Waals surface area contributed by atoms with Crippen molar-refractivity contribution in [1.29, 1.82) is 0 Å². The van der Waals surface area contributed by atoms with Crippen LogP contribution in [-0.2, 0) is 13.0 Å². The SMILES string of the molecule is Nc1nccnc1C(=O)NC[C@H](c1ccc(Cl)cc1)N1CCc2sccc2C1. The first kappa shape index (κ1) is 18.9. The number of amides is 1. The third kappa shape index (κ3) is 4.01. The van der Waals surface area contributed by atoms with Gasteiger partial charge in [0.2, 0.25) is 0 Å². The summed E-state index contributed by atoms with van der Waals surface area (Å²) in [5, 5.41) is 5.81. The topological polar surface area (TPSA) is 84.1 Å². The van der Waals surface area contributed by atoms with E-state index in [0.717, 1.165) is 25.1 Å². The van der Waals surface area contributed by atoms with E-state index in [4.69, 9.17) is 17.3 Å². The van der Waals surface area contributed by atoms with Crippen molar-refractivity contribution in [2.24, 2.45) is 0 Å². The van der Waals surface area contributed by atoms with Crippen LogP contribution >= 0.6 is 22.9 Å². The second-order valence-electron chi connectivity index (χ2n) is 6.66. The summed E-state index contributed by atoms with van der Waals surface area (Å²) in [5.74, 6) is -0.193. The summed E-state index contributed by atoms with van der Waals surface area (Å²) in [7, 11) is 0. The largest absolute Gasteiger partial charge is 0.382 e. The molecule has 6 nitrogen and oxygen atoms in total. The lowest BCUT2D eigenvalue weighted by molar-refractivity contribution is 0.0924. The van der Waals surface area contributed by atoms with Gasteiger partial charge in [-0.05, 0) is 41.1 Å². The van der Waals surface area contributed by atoms with Crippen LogP contribution in [-0.4, -0.2) is 33.9 Å². The van der Waals surface area contributed by atoms with Crippen molar-refractivity contribution >= 4 is 34.7 Å². The molecule has 28 heavy (non-hydrogen) atoms. The smallest absolute Gasteiger partial charge is 0.273 e. The Morgan fingerprint density at radius 1 is 1.25 bits per heavy atom. The number of carbonyl (C=O) groups is 1. The van der Waals surface area contributed by atoms with Crippen LogP contribution in [0.5, 0.6) is 0 Å². The lowest BCUT2D eigenvalue weighted by atomic mass is 10.0. The minimum Gasteiger partial charge on any atom is -0.382 e. The van der Waals surface area contributed by atoms with E-state index >= 15 is 0 Å². The lowest BCUT2D eigenvalue weighted by Gasteiger charge is -2.35. The van der Waals surface area contributed by atoms with Crippen molar-refractivity contribution in [3.63, 3.8) is 0 Å². The number of rotatable bonds is 5. The van der Waals surface area contributed by atoms with Gasteiger partial charge >= 0.3 is 0 Å². The van der Waals surface area contributed by atoms with Gasteiger partial charge in [-0.2, -0.15) is 0 Å². The van der Waals surface area contributed by atoms with E-state index in [1.54, 1.807) is 0 Å². The molecule has 0 radical (unpaired) electrons. The van der Waals surface area contributed by atoms with Crippen LogP contribution in [0.3, 0.4) is 0 Å². The van der Waals surface area contributed by atoms with Crippen molar-refractivity contribution in [3.8, 4) is 0 Å². The second-order valence-corrected chi connectivity index (χ2v) is 8.09. The molecule has 4 rings (SSSR count). The molecule has 0 fully saturated rings. The third-order valence-corrected chi connectivity index (χ3v) is 6.21. The zero-order valence-electron chi connectivity index (χ0n) is 15.1. The van der Waals surface area contributed by atoms with Crippen LogP contribution in [0.25, 0.3) is 0 Å². The predicted octanol–water partition coefficient (Wildman–Crippen LogP) is 3.30. The monoisotopic (exact) mass is 413 g/mol. The molecular weight excluding hydrogens is 394 g/mol. The van der Waals surface area contributed by atoms with E-state index < -0.39 is 0 Å². The molecule has 0 saturated carbocycles. The number of nitrogens with zero attached hydrogens (tertiary/aromatic N) is 3. The molecule has 2 aromatic heterocycles. The maximum Gasteiger partial charge on any atom is 0.273 e. The number of thiophene rings is 1. The Bertz CT molecular complexity index is 975. The molecule has 144 valence electrons. The van der Waals surface area contributed by atoms with Crippen LogP contribution in [0.15, 0.2) is 48.1 Å². The van der Waals surface area contributed by atoms with E-state index in [9.17, 15) is 4.79 Å². The van der Waals surface area contributed by atoms with E-state index in [-0.39, 0.29) is 23.5 Å². The van der Waals surface area contributed by atoms with Crippen molar-refractivity contribution in [1.82, 2.24) is 20.2 Å². The van der Waals surface area contributed by atoms with Gasteiger partial charge < -0.3 is 11.1 Å². The standard InChI is InChI=1S/C20H20ClN5OS/c21-15-3-1-13(2-4-15)16(26-9-5-17-14(12-26)6-10-28-17)11-25-20(27)18-19(22)24-8-7-23-18/h1-4,6-8,10,16H,5,9,11-12H2,(H2,22,24)(H,25,27)/t16-/m1/s1. The molecule has 0 spiro atoms. The number of nitrogen functional groups attached to an aromatic ring is 1. The molecule has 0 bridgehead atoms. The second kappa shape index (κ2) is 8.26. The third-order valence-electron chi connectivity index (χ3n) is 4.93. The summed E-state index contributed by atoms with van der Waals surface area (Å²) in [6.07, 6.45) is 3.95. The number of fused-ring (bicyclic) bond motifs is 1. The van der Waals surface area contributed by atoms with Gasteiger partial charge in [-0.3, -0.25) is 9.69 Å². The molecule has 3 heterocycles. The number of hydrogen-bond donors (Lipinski definition) is 2. The number of nitrogens with one attached hydrogen (secondary N) is 1. The Labute approximate surface area is 172 Å². The van der Waals surface area contributed by atoms with Gasteiger partial charge in [0, 0.05) is 41.9 Å². The minimum absolute atomic E-state index is 0.0205. The maximum absolute atomic E-state index is 12.6. The Morgan fingerprint density at radius 3 is 2.82 bits per heavy atom. The quantitative estimate of drug-likeness (QED) is 0.670. The lowest BCUT2D eigenvalue weighted by Crippen LogP contribution is -2.40. The predicted molar refractivity (Wildman–Crippen MR) is 111 cm³/mol. The molecule has 8 heteroatoms. The summed E-state index contributed by atoms with van der Waals surface area (Å²) < 4.78 is 0. The summed E-state index contributed by atoms with van der Waals surface area (Å²) in [4.78, 5) is 24.4. The Balaban J connectivity index is 1.54. The fourth-order valence-corrected chi connectivity index (χ4v) is 4.49. The summed E-state index contributed by atoms with van der Waals surface area (Å²) in [6.45, 7) is 2.23. The van der Waals surface area contributed by atoms with Crippen LogP contribution in [0.2, 0.25) is 5.02 Å². The molecule has 1 atom stereocenters. The first-order chi connectivity index (χ1) is 13.6. The molecule has 1 amide bonds. The molecule has 1 aliphatic rings. The Kier molecular flexibility index (Phi) is 5.57. The van der Waals surface area contributed by atoms with Gasteiger partial charge in [0.05, 0.1) is 6.04 Å². The van der Waals surface area contributed by atoms with Crippen molar-refractivity contribution in [2.45, 2.75) is 19.0 Å². The van der Waals surface area contributed by atoms with Gasteiger partial charge in [-0.25, -0.2) is 9.97 Å². The van der Waals surface area contributed by atoms with Gasteiger partial charge in [0.1, 0.15) is 0 Å². The van der Waals surface area contributed by atoms with E-state index in [1.165, 1.54) is 22.8 Å². The van der Waals surface area contributed by atoms with Gasteiger partial charge in [0.15, 0.2) is 11.5 Å². The van der Waals surface area contributed by atoms with Gasteiger partial charge in [-0.15, -0.1) is 11.3 Å². The molecule has 0 saturated heterocycles. The number of aromatic nitrogens is 2. The first-order valence-electron chi connectivity index (χ1n) is 9.01. The number of benzene rings is 1. The molecule has 0 unspecified atom stereocenters. The summed E-state index contributed by atoms with van der Waals surface area (Å²) in [5.41, 5.74) is 8.40. The summed E-state index contributed by atoms with van der Waals surface area (Å²) >= 11 is 7.88. The van der Waals surface area contributed by atoms with Crippen LogP contribution in [0.1, 0.15) is 32.5 Å². The highest BCUT2D eigenvalue weighted by atomic mass is 35.5. The molecular formula is C20H20ClN5OS. The van der Waals surface area contributed by atoms with Crippen LogP contribution in [0.4, 0.5) is 5.82 Å². The van der Waals surface area contributed by atoms with E-state index in [2.05, 4.69) is 31.6 Å². The van der Waals surface area contributed by atoms with E-state index in [1.807, 2.05) is 35.6 Å². The fraction of sp³-hybridized carbons (Fsp3) is 0.250. The minimum atomic E-state index is -0.321. The number of halogens is 1. The zero-order chi connectivity index (χ0) is 19.5. The molecule has 3 aromatic rings. The average Bonchev–Trinajstić information content (AvgIpc) is 3.17. The normalized spacial score (nSPS) is 15.0. The fourth-order valence-electron chi connectivity index (χ4n) is 3.48. The van der Waals surface area contributed by atoms with Crippen molar-refractivity contribution in [2.75, 3.05) is 18.8 Å². The van der Waals surface area contributed by atoms with Gasteiger partial charge in [-0.1, -0.05) is 23.7 Å². The molecule has 3 N–H and O–H groups in total. The number of nitrogens with two attached hydrogens (primary N) is 1. The highest BCUT2D eigenvalue weighted by molar-refractivity contribution is 7.10. The highest BCUT2D eigenvalue weighted by Gasteiger charge is 2.26. The van der Waals surface area contributed by atoms with E-state index in [0.29, 0.717) is 11.6 Å². The zero-order valence-corrected chi connectivity index (χ0v) is 16.7. The molecule has 1 aromatic carbocycles. The van der Waals surface area contributed by atoms with Gasteiger partial charge in [0.25, 0.3) is 5.91 Å². The van der Waals surface area contributed by atoms with Crippen molar-refractivity contribution < 1.29 is 4.79 Å². The highest BCUT2D eigenvalue weighted by Crippen LogP contribution is 2.30. The summed E-state index contributed by atoms with van der Waals surface area (Å²) in [6, 6.07) is 9.99. The first-order valence-corrected chi connectivity index (χ1v) is 10.3. The molecule has 1 aliphatic heterocycles. The van der Waals surface area contributed by atoms with Crippen LogP contribution in [0, 0.1) is 0 Å². The number of carbonyl (C=O) groups excluding carboxylic acids is 1. The maximum atomic E-state index is 12.6. The van der Waals surface area contributed by atoms with Crippen LogP contribution < -0.4 is 11.1 Å². The van der Waals surface area contributed by atoms with Crippen molar-refractivity contribution in [3.05, 3.63) is 74.8 Å².